The molecule has 0 spiro atoms. The number of ketones is 1. The van der Waals surface area contributed by atoms with Gasteiger partial charge >= 0.3 is 0 Å². The molecule has 1 amide bonds. The zero-order valence-electron chi connectivity index (χ0n) is 15.2. The third kappa shape index (κ3) is 3.92. The van der Waals surface area contributed by atoms with Gasteiger partial charge in [0.1, 0.15) is 11.5 Å². The SMILES string of the molecule is CC(=O)c1cccc(N2C(=O)/C(=C\c3ccc(-c4ccccc4Cl)o3)SC2=S)c1. The molecule has 4 rings (SSSR count). The molecule has 0 unspecified atom stereocenters. The number of amides is 1. The lowest BCUT2D eigenvalue weighted by Crippen LogP contribution is -2.27. The average molecular weight is 440 g/mol. The predicted octanol–water partition coefficient (Wildman–Crippen LogP) is 6.21. The summed E-state index contributed by atoms with van der Waals surface area (Å²) in [7, 11) is 0. The number of anilines is 1. The minimum atomic E-state index is -0.253. The molecule has 0 bridgehead atoms. The second-order valence-electron chi connectivity index (χ2n) is 6.31. The van der Waals surface area contributed by atoms with E-state index >= 15 is 0 Å². The van der Waals surface area contributed by atoms with Crippen LogP contribution in [0.5, 0.6) is 0 Å². The number of hydrogen-bond donors (Lipinski definition) is 0. The minimum Gasteiger partial charge on any atom is -0.457 e. The number of rotatable bonds is 4. The topological polar surface area (TPSA) is 50.5 Å². The number of hydrogen-bond acceptors (Lipinski definition) is 5. The molecular formula is C22H14ClNO3S2. The molecule has 1 saturated heterocycles. The van der Waals surface area contributed by atoms with Crippen LogP contribution >= 0.6 is 35.6 Å². The van der Waals surface area contributed by atoms with Crippen molar-refractivity contribution in [2.24, 2.45) is 0 Å². The fourth-order valence-corrected chi connectivity index (χ4v) is 4.43. The number of thiocarbonyl (C=S) groups is 1. The Hall–Kier alpha value is -2.67. The third-order valence-corrected chi connectivity index (χ3v) is 5.98. The molecule has 3 aromatic rings. The number of nitrogens with zero attached hydrogens (tertiary/aromatic N) is 1. The maximum atomic E-state index is 12.9. The summed E-state index contributed by atoms with van der Waals surface area (Å²) in [6.45, 7) is 1.48. The van der Waals surface area contributed by atoms with Gasteiger partial charge in [0.05, 0.1) is 15.6 Å². The molecule has 4 nitrogen and oxygen atoms in total. The molecule has 0 aliphatic carbocycles. The normalized spacial score (nSPS) is 15.4. The first-order valence-electron chi connectivity index (χ1n) is 8.68. The van der Waals surface area contributed by atoms with E-state index < -0.39 is 0 Å². The highest BCUT2D eigenvalue weighted by molar-refractivity contribution is 8.27. The van der Waals surface area contributed by atoms with Crippen LogP contribution in [0.15, 0.2) is 70.0 Å². The number of carbonyl (C=O) groups excluding carboxylic acids is 2. The van der Waals surface area contributed by atoms with E-state index in [1.54, 1.807) is 42.5 Å². The summed E-state index contributed by atoms with van der Waals surface area (Å²) >= 11 is 12.8. The zero-order valence-corrected chi connectivity index (χ0v) is 17.6. The Morgan fingerprint density at radius 3 is 2.69 bits per heavy atom. The van der Waals surface area contributed by atoms with Crippen LogP contribution in [-0.4, -0.2) is 16.0 Å². The Balaban J connectivity index is 1.63. The molecule has 0 radical (unpaired) electrons. The molecule has 0 N–H and O–H groups in total. The molecule has 144 valence electrons. The van der Waals surface area contributed by atoms with Crippen molar-refractivity contribution in [2.45, 2.75) is 6.92 Å². The Kier molecular flexibility index (Phi) is 5.41. The number of carbonyl (C=O) groups is 2. The first kappa shape index (κ1) is 19.6. The molecule has 0 atom stereocenters. The van der Waals surface area contributed by atoms with Gasteiger partial charge in [-0.15, -0.1) is 0 Å². The van der Waals surface area contributed by atoms with Crippen molar-refractivity contribution in [1.29, 1.82) is 0 Å². The van der Waals surface area contributed by atoms with Crippen molar-refractivity contribution in [2.75, 3.05) is 4.90 Å². The molecule has 0 saturated carbocycles. The van der Waals surface area contributed by atoms with Gasteiger partial charge in [-0.3, -0.25) is 14.5 Å². The Bertz CT molecular complexity index is 1180. The van der Waals surface area contributed by atoms with Gasteiger partial charge < -0.3 is 4.42 Å². The zero-order chi connectivity index (χ0) is 20.5. The summed E-state index contributed by atoms with van der Waals surface area (Å²) in [6, 6.07) is 17.8. The Morgan fingerprint density at radius 1 is 1.14 bits per heavy atom. The second kappa shape index (κ2) is 7.99. The largest absolute Gasteiger partial charge is 0.457 e. The second-order valence-corrected chi connectivity index (χ2v) is 8.39. The average Bonchev–Trinajstić information content (AvgIpc) is 3.27. The van der Waals surface area contributed by atoms with Crippen LogP contribution < -0.4 is 4.90 Å². The van der Waals surface area contributed by atoms with Crippen LogP contribution in [-0.2, 0) is 4.79 Å². The number of Topliss-reactive ketones (excluding diaryl/α,β-unsaturated/α-hetero) is 1. The number of halogens is 1. The third-order valence-electron chi connectivity index (χ3n) is 4.34. The highest BCUT2D eigenvalue weighted by atomic mass is 35.5. The fourth-order valence-electron chi connectivity index (χ4n) is 2.92. The summed E-state index contributed by atoms with van der Waals surface area (Å²) in [5.41, 5.74) is 1.87. The van der Waals surface area contributed by atoms with E-state index in [0.29, 0.717) is 37.0 Å². The minimum absolute atomic E-state index is 0.0736. The summed E-state index contributed by atoms with van der Waals surface area (Å²) in [6.07, 6.45) is 1.66. The van der Waals surface area contributed by atoms with Crippen molar-refractivity contribution < 1.29 is 14.0 Å². The number of furan rings is 1. The maximum Gasteiger partial charge on any atom is 0.270 e. The Morgan fingerprint density at radius 2 is 1.93 bits per heavy atom. The molecule has 2 aromatic carbocycles. The molecule has 2 heterocycles. The highest BCUT2D eigenvalue weighted by Crippen LogP contribution is 2.37. The van der Waals surface area contributed by atoms with E-state index in [9.17, 15) is 9.59 Å². The molecule has 1 aliphatic heterocycles. The van der Waals surface area contributed by atoms with E-state index in [1.165, 1.54) is 23.6 Å². The smallest absolute Gasteiger partial charge is 0.270 e. The summed E-state index contributed by atoms with van der Waals surface area (Å²) in [5.74, 6) is 0.816. The lowest BCUT2D eigenvalue weighted by molar-refractivity contribution is -0.113. The van der Waals surface area contributed by atoms with Crippen LogP contribution in [0.2, 0.25) is 5.02 Å². The van der Waals surface area contributed by atoms with Gasteiger partial charge in [-0.05, 0) is 43.3 Å². The summed E-state index contributed by atoms with van der Waals surface area (Å²) in [5, 5.41) is 0.588. The van der Waals surface area contributed by atoms with E-state index in [-0.39, 0.29) is 11.7 Å². The number of thioether (sulfide) groups is 1. The summed E-state index contributed by atoms with van der Waals surface area (Å²) in [4.78, 5) is 26.5. The number of benzene rings is 2. The lowest BCUT2D eigenvalue weighted by atomic mass is 10.1. The van der Waals surface area contributed by atoms with Crippen molar-refractivity contribution >= 4 is 63.4 Å². The van der Waals surface area contributed by atoms with Gasteiger partial charge in [0.15, 0.2) is 10.1 Å². The molecule has 1 aliphatic rings. The first-order chi connectivity index (χ1) is 13.9. The molecule has 29 heavy (non-hydrogen) atoms. The molecule has 1 fully saturated rings. The summed E-state index contributed by atoms with van der Waals surface area (Å²) < 4.78 is 6.26. The van der Waals surface area contributed by atoms with E-state index in [2.05, 4.69) is 0 Å². The lowest BCUT2D eigenvalue weighted by Gasteiger charge is -2.15. The molecule has 1 aromatic heterocycles. The standard InChI is InChI=1S/C22H14ClNO3S2/c1-13(25)14-5-4-6-15(11-14)24-21(26)20(29-22(24)28)12-16-9-10-19(27-16)17-7-2-3-8-18(17)23/h2-12H,1H3/b20-12+. The van der Waals surface area contributed by atoms with Gasteiger partial charge in [-0.1, -0.05) is 59.8 Å². The Labute approximate surface area is 182 Å². The van der Waals surface area contributed by atoms with Crippen LogP contribution in [0.1, 0.15) is 23.0 Å². The van der Waals surface area contributed by atoms with Gasteiger partial charge in [0.25, 0.3) is 5.91 Å². The van der Waals surface area contributed by atoms with Gasteiger partial charge in [-0.2, -0.15) is 0 Å². The quantitative estimate of drug-likeness (QED) is 0.275. The van der Waals surface area contributed by atoms with Gasteiger partial charge in [0.2, 0.25) is 0 Å². The van der Waals surface area contributed by atoms with Crippen LogP contribution in [0, 0.1) is 0 Å². The molecular weight excluding hydrogens is 426 g/mol. The van der Waals surface area contributed by atoms with Crippen molar-refractivity contribution in [3.8, 4) is 11.3 Å². The van der Waals surface area contributed by atoms with Crippen molar-refractivity contribution in [1.82, 2.24) is 0 Å². The van der Waals surface area contributed by atoms with E-state index in [0.717, 1.165) is 5.56 Å². The fraction of sp³-hybridized carbons (Fsp3) is 0.0455. The van der Waals surface area contributed by atoms with Gasteiger partial charge in [0, 0.05) is 17.2 Å². The first-order valence-corrected chi connectivity index (χ1v) is 10.3. The molecule has 7 heteroatoms. The van der Waals surface area contributed by atoms with Crippen molar-refractivity contribution in [3.05, 3.63) is 81.9 Å². The van der Waals surface area contributed by atoms with Gasteiger partial charge in [-0.25, -0.2) is 0 Å². The van der Waals surface area contributed by atoms with E-state index in [1.807, 2.05) is 24.3 Å². The monoisotopic (exact) mass is 439 g/mol. The van der Waals surface area contributed by atoms with Crippen LogP contribution in [0.25, 0.3) is 17.4 Å². The van der Waals surface area contributed by atoms with Crippen LogP contribution in [0.3, 0.4) is 0 Å². The predicted molar refractivity (Wildman–Crippen MR) is 121 cm³/mol. The van der Waals surface area contributed by atoms with E-state index in [4.69, 9.17) is 28.2 Å². The van der Waals surface area contributed by atoms with Crippen LogP contribution in [0.4, 0.5) is 5.69 Å². The maximum absolute atomic E-state index is 12.9. The van der Waals surface area contributed by atoms with Crippen molar-refractivity contribution in [3.63, 3.8) is 0 Å². The highest BCUT2D eigenvalue weighted by Gasteiger charge is 2.33.